The van der Waals surface area contributed by atoms with Crippen LogP contribution < -0.4 is 25.8 Å². The van der Waals surface area contributed by atoms with Gasteiger partial charge in [0.1, 0.15) is 55.4 Å². The Kier molecular flexibility index (Phi) is 23.4. The van der Waals surface area contributed by atoms with Crippen LogP contribution in [0.1, 0.15) is 54.6 Å². The summed E-state index contributed by atoms with van der Waals surface area (Å²) in [4.78, 5) is 41.8. The van der Waals surface area contributed by atoms with Gasteiger partial charge in [-0.2, -0.15) is 52.3 Å². The number of primary amides is 1. The lowest BCUT2D eigenvalue weighted by Crippen LogP contribution is -2.15. The number of thioether (sulfide) groups is 2. The Labute approximate surface area is 548 Å². The third-order valence-electron chi connectivity index (χ3n) is 12.5. The molecule has 0 aliphatic rings. The van der Waals surface area contributed by atoms with Crippen LogP contribution in [0.2, 0.25) is 5.02 Å². The number of nitrogens with zero attached hydrogens (tertiary/aromatic N) is 10. The smallest absolute Gasteiger partial charge is 0.296 e. The van der Waals surface area contributed by atoms with Gasteiger partial charge in [-0.15, -0.1) is 54.2 Å². The highest BCUT2D eigenvalue weighted by atomic mass is 35.5. The summed E-state index contributed by atoms with van der Waals surface area (Å²) in [6.45, 7) is 4.80. The minimum absolute atomic E-state index is 0.00263. The highest BCUT2D eigenvalue weighted by molar-refractivity contribution is 7.99. The van der Waals surface area contributed by atoms with E-state index < -0.39 is 119 Å². The summed E-state index contributed by atoms with van der Waals surface area (Å²) < 4.78 is 180. The van der Waals surface area contributed by atoms with E-state index in [4.69, 9.17) is 26.8 Å². The number of imidazole rings is 1. The first kappa shape index (κ1) is 73.2. The Balaban J connectivity index is 1.36. The highest BCUT2D eigenvalue weighted by Crippen LogP contribution is 2.46. The number of hydrogen-bond acceptors (Lipinski definition) is 27. The summed E-state index contributed by atoms with van der Waals surface area (Å²) in [5.41, 5.74) is 3.75. The van der Waals surface area contributed by atoms with E-state index in [-0.39, 0.29) is 136 Å². The van der Waals surface area contributed by atoms with Crippen LogP contribution in [0.15, 0.2) is 127 Å². The third-order valence-corrected chi connectivity index (χ3v) is 19.4. The minimum Gasteiger partial charge on any atom is -0.497 e. The number of azo groups is 4. The monoisotopic (exact) mass is 1460 g/mol. The van der Waals surface area contributed by atoms with Gasteiger partial charge in [0.15, 0.2) is 5.65 Å². The second-order valence-electron chi connectivity index (χ2n) is 19.8. The van der Waals surface area contributed by atoms with Gasteiger partial charge in [-0.25, -0.2) is 4.98 Å². The number of fused-ring (bicyclic) bond motifs is 3. The standard InChI is InChI=1S/C52H54ClN13O21S7/c1-26-17-38(62-65-48-27(2)47(50(54)69)51-57-41-19-31(86-5)20-46(94(83,84)85)49(41)66(51)52(48)70)42(87-11-6-14-90(71,72)73)23-33(26)59-63-39-22-35(56-29(4)68)37(25-44(39)89-13-8-16-92(77,78)79)61-64-40-21-34(55-28(3)67)36(24-43(40)88-12-7-15-91(74,75)76)60-58-30-9-10-32(53)45(18-30)93(80,81)82/h9-10,17-25,70H,6-8,11-16H2,1-5H3,(H2,54,69)(H,55,67)(H,56,68)(H,71,72,73)(H,74,75,76)(H,77,78,79)(H,80,81,82)(H,83,84,85). The zero-order valence-electron chi connectivity index (χ0n) is 49.3. The van der Waals surface area contributed by atoms with Gasteiger partial charge in [-0.1, -0.05) is 11.6 Å². The maximum Gasteiger partial charge on any atom is 0.296 e. The van der Waals surface area contributed by atoms with Crippen LogP contribution in [0.3, 0.4) is 0 Å². The molecule has 0 saturated carbocycles. The topological polar surface area (TPSA) is 528 Å². The number of anilines is 2. The van der Waals surface area contributed by atoms with E-state index in [1.165, 1.54) is 69.5 Å². The number of rotatable bonds is 29. The molecule has 0 spiro atoms. The van der Waals surface area contributed by atoms with E-state index in [0.29, 0.717) is 0 Å². The number of ether oxygens (including phenoxy) is 2. The van der Waals surface area contributed by atoms with Crippen LogP contribution in [0.25, 0.3) is 16.7 Å². The van der Waals surface area contributed by atoms with Crippen molar-refractivity contribution in [3.8, 4) is 17.4 Å². The normalized spacial score (nSPS) is 12.7. The molecule has 42 heteroatoms. The van der Waals surface area contributed by atoms with Gasteiger partial charge in [0.25, 0.3) is 56.5 Å². The number of nitrogens with two attached hydrogens (primary N) is 1. The number of halogens is 1. The molecule has 502 valence electrons. The number of aryl methyl sites for hydroxylation is 1. The molecule has 0 unspecified atom stereocenters. The molecule has 0 aliphatic carbocycles. The fourth-order valence-electron chi connectivity index (χ4n) is 8.48. The van der Waals surface area contributed by atoms with Crippen LogP contribution in [0, 0.1) is 13.8 Å². The maximum absolute atomic E-state index is 13.1. The molecule has 0 aliphatic heterocycles. The van der Waals surface area contributed by atoms with Gasteiger partial charge in [0.2, 0.25) is 17.7 Å². The van der Waals surface area contributed by atoms with Crippen molar-refractivity contribution in [1.29, 1.82) is 0 Å². The quantitative estimate of drug-likeness (QED) is 0.00910. The van der Waals surface area contributed by atoms with Crippen LogP contribution >= 0.6 is 35.1 Å². The highest BCUT2D eigenvalue weighted by Gasteiger charge is 2.29. The van der Waals surface area contributed by atoms with Gasteiger partial charge < -0.3 is 30.9 Å². The summed E-state index contributed by atoms with van der Waals surface area (Å²) in [5, 5.41) is 51.2. The molecule has 34 nitrogen and oxygen atoms in total. The van der Waals surface area contributed by atoms with Crippen LogP contribution in [0.4, 0.5) is 56.9 Å². The van der Waals surface area contributed by atoms with Crippen molar-refractivity contribution in [2.24, 2.45) is 46.6 Å². The lowest BCUT2D eigenvalue weighted by atomic mass is 10.1. The van der Waals surface area contributed by atoms with Gasteiger partial charge in [-0.05, 0) is 104 Å². The molecule has 3 amide bonds. The number of carbonyl (C=O) groups is 3. The number of hydrogen-bond donors (Lipinski definition) is 9. The van der Waals surface area contributed by atoms with Gasteiger partial charge in [0.05, 0.1) is 75.3 Å². The second kappa shape index (κ2) is 30.0. The summed E-state index contributed by atoms with van der Waals surface area (Å²) in [5.74, 6) is -5.46. The number of pyridine rings is 1. The minimum atomic E-state index is -5.08. The van der Waals surface area contributed by atoms with Crippen molar-refractivity contribution in [2.45, 2.75) is 66.5 Å². The molecule has 2 aromatic heterocycles. The Bertz CT molecular complexity index is 4940. The number of carbonyl (C=O) groups excluding carboxylic acids is 3. The second-order valence-corrected chi connectivity index (χ2v) is 29.9. The molecule has 0 atom stereocenters. The van der Waals surface area contributed by atoms with Crippen molar-refractivity contribution in [3.63, 3.8) is 0 Å². The number of aromatic nitrogens is 2. The SMILES string of the molecule is COc1cc(S(=O)(=O)O)c2c(c1)nc1c(C(N)=O)c(C)c(N=Nc3cc(C)c(N=Nc4cc(NC(C)=O)c(N=Nc5cc(NC(C)=O)c(N=Nc6ccc(Cl)c(S(=O)(=O)O)c6)cc5SCCCS(=O)(=O)O)cc4SCCCS(=O)(=O)O)cc3OCCCS(=O)(=O)O)c(O)n12. The van der Waals surface area contributed by atoms with E-state index in [9.17, 15) is 84.3 Å². The molecular weight excluding hydrogens is 1400 g/mol. The molecule has 5 aromatic carbocycles. The first-order chi connectivity index (χ1) is 43.8. The summed E-state index contributed by atoms with van der Waals surface area (Å²) in [7, 11) is -22.0. The first-order valence-corrected chi connectivity index (χ1v) is 36.6. The third kappa shape index (κ3) is 19.7. The average Bonchev–Trinajstić information content (AvgIpc) is 1.55. The van der Waals surface area contributed by atoms with Gasteiger partial charge in [0, 0.05) is 41.8 Å². The molecule has 10 N–H and O–H groups in total. The zero-order chi connectivity index (χ0) is 69.4. The Hall–Kier alpha value is -8.20. The summed E-state index contributed by atoms with van der Waals surface area (Å²) in [6, 6.07) is 13.6. The fraction of sp³-hybridized carbons (Fsp3) is 0.269. The fourth-order valence-corrected chi connectivity index (χ4v) is 13.9. The van der Waals surface area contributed by atoms with Gasteiger partial charge in [-0.3, -0.25) is 41.5 Å². The molecular formula is C52H54ClN13O21S7. The Morgan fingerprint density at radius 2 is 1.12 bits per heavy atom. The molecule has 0 fully saturated rings. The molecule has 0 radical (unpaired) electrons. The van der Waals surface area contributed by atoms with E-state index >= 15 is 0 Å². The summed E-state index contributed by atoms with van der Waals surface area (Å²) >= 11 is 7.96. The Morgan fingerprint density at radius 3 is 1.62 bits per heavy atom. The number of benzene rings is 5. The van der Waals surface area contributed by atoms with Crippen molar-refractivity contribution in [2.75, 3.05) is 53.1 Å². The van der Waals surface area contributed by atoms with Crippen molar-refractivity contribution in [3.05, 3.63) is 88.4 Å². The molecule has 0 saturated heterocycles. The predicted octanol–water partition coefficient (Wildman–Crippen LogP) is 11.0. The van der Waals surface area contributed by atoms with Gasteiger partial charge >= 0.3 is 0 Å². The van der Waals surface area contributed by atoms with Crippen molar-refractivity contribution < 1.29 is 93.8 Å². The van der Waals surface area contributed by atoms with E-state index in [2.05, 4.69) is 56.5 Å². The zero-order valence-corrected chi connectivity index (χ0v) is 55.8. The largest absolute Gasteiger partial charge is 0.497 e. The lowest BCUT2D eigenvalue weighted by molar-refractivity contribution is -0.115. The van der Waals surface area contributed by atoms with E-state index in [1.54, 1.807) is 0 Å². The number of amides is 3. The number of nitrogens with one attached hydrogen (secondary N) is 2. The number of aromatic hydroxyl groups is 1. The van der Waals surface area contributed by atoms with Crippen LogP contribution in [-0.4, -0.2) is 140 Å². The molecule has 7 aromatic rings. The maximum atomic E-state index is 13.1. The van der Waals surface area contributed by atoms with Crippen molar-refractivity contribution in [1.82, 2.24) is 9.38 Å². The molecule has 7 rings (SSSR count). The molecule has 2 heterocycles. The average molecular weight is 1460 g/mol. The molecule has 94 heavy (non-hydrogen) atoms. The van der Waals surface area contributed by atoms with Crippen LogP contribution in [0.5, 0.6) is 17.4 Å². The predicted molar refractivity (Wildman–Crippen MR) is 345 cm³/mol. The molecule has 0 bridgehead atoms. The first-order valence-electron chi connectivity index (χ1n) is 26.6. The van der Waals surface area contributed by atoms with E-state index in [0.717, 1.165) is 60.0 Å². The van der Waals surface area contributed by atoms with Crippen molar-refractivity contribution >= 4 is 177 Å². The number of methoxy groups -OCH3 is 1. The van der Waals surface area contributed by atoms with Crippen LogP contribution in [-0.2, 0) is 60.2 Å². The lowest BCUT2D eigenvalue weighted by Gasteiger charge is -2.14. The van der Waals surface area contributed by atoms with E-state index in [1.807, 2.05) is 0 Å². The Morgan fingerprint density at radius 1 is 0.617 bits per heavy atom. The summed E-state index contributed by atoms with van der Waals surface area (Å²) in [6.07, 6.45) is -0.478.